The molecular formula is C13H19NO3S. The summed E-state index contributed by atoms with van der Waals surface area (Å²) >= 11 is 1.51. The first kappa shape index (κ1) is 14.7. The fraction of sp³-hybridized carbons (Fsp3) is 0.538. The van der Waals surface area contributed by atoms with E-state index in [-0.39, 0.29) is 5.78 Å². The van der Waals surface area contributed by atoms with Crippen LogP contribution >= 0.6 is 11.3 Å². The lowest BCUT2D eigenvalue weighted by Gasteiger charge is -2.21. The molecule has 1 aromatic heterocycles. The van der Waals surface area contributed by atoms with E-state index in [0.29, 0.717) is 5.56 Å². The zero-order chi connectivity index (χ0) is 13.9. The molecule has 0 fully saturated rings. The first-order valence-corrected chi connectivity index (χ1v) is 6.66. The zero-order valence-corrected chi connectivity index (χ0v) is 12.2. The Morgan fingerprint density at radius 1 is 1.39 bits per heavy atom. The van der Waals surface area contributed by atoms with Crippen LogP contribution < -0.4 is 5.32 Å². The molecular weight excluding hydrogens is 250 g/mol. The highest BCUT2D eigenvalue weighted by Gasteiger charge is 2.22. The molecule has 0 bridgehead atoms. The number of thiophene rings is 1. The van der Waals surface area contributed by atoms with E-state index in [2.05, 4.69) is 5.32 Å². The van der Waals surface area contributed by atoms with Crippen LogP contribution in [0.15, 0.2) is 11.4 Å². The first-order chi connectivity index (χ1) is 8.20. The van der Waals surface area contributed by atoms with E-state index < -0.39 is 17.7 Å². The summed E-state index contributed by atoms with van der Waals surface area (Å²) in [5.74, 6) is -0.0976. The highest BCUT2D eigenvalue weighted by molar-refractivity contribution is 7.10. The van der Waals surface area contributed by atoms with Crippen LogP contribution in [-0.4, -0.2) is 23.5 Å². The van der Waals surface area contributed by atoms with Crippen molar-refractivity contribution < 1.29 is 14.3 Å². The van der Waals surface area contributed by atoms with Crippen molar-refractivity contribution in [1.29, 1.82) is 0 Å². The lowest BCUT2D eigenvalue weighted by atomic mass is 10.1. The molecule has 5 heteroatoms. The van der Waals surface area contributed by atoms with E-state index in [0.717, 1.165) is 4.88 Å². The number of amides is 1. The van der Waals surface area contributed by atoms with Gasteiger partial charge in [0, 0.05) is 10.4 Å². The monoisotopic (exact) mass is 269 g/mol. The van der Waals surface area contributed by atoms with Crippen molar-refractivity contribution in [3.8, 4) is 0 Å². The topological polar surface area (TPSA) is 55.4 Å². The maximum absolute atomic E-state index is 12.1. The highest BCUT2D eigenvalue weighted by Crippen LogP contribution is 2.17. The number of ketones is 1. The van der Waals surface area contributed by atoms with Gasteiger partial charge in [-0.2, -0.15) is 0 Å². The van der Waals surface area contributed by atoms with Gasteiger partial charge >= 0.3 is 6.09 Å². The first-order valence-electron chi connectivity index (χ1n) is 5.78. The number of nitrogens with one attached hydrogen (secondary N) is 1. The number of hydrogen-bond acceptors (Lipinski definition) is 4. The van der Waals surface area contributed by atoms with E-state index in [9.17, 15) is 9.59 Å². The normalized spacial score (nSPS) is 12.9. The molecule has 1 heterocycles. The van der Waals surface area contributed by atoms with Gasteiger partial charge in [-0.15, -0.1) is 11.3 Å². The van der Waals surface area contributed by atoms with Crippen LogP contribution in [0.5, 0.6) is 0 Å². The van der Waals surface area contributed by atoms with Crippen LogP contribution in [0.1, 0.15) is 42.9 Å². The molecule has 0 aliphatic rings. The molecule has 18 heavy (non-hydrogen) atoms. The smallest absolute Gasteiger partial charge is 0.408 e. The number of carbonyl (C=O) groups is 2. The molecule has 0 saturated carbocycles. The second-order valence-electron chi connectivity index (χ2n) is 5.12. The molecule has 1 rings (SSSR count). The summed E-state index contributed by atoms with van der Waals surface area (Å²) in [4.78, 5) is 24.6. The Morgan fingerprint density at radius 2 is 2.00 bits per heavy atom. The van der Waals surface area contributed by atoms with Crippen LogP contribution in [0.2, 0.25) is 0 Å². The van der Waals surface area contributed by atoms with Crippen molar-refractivity contribution >= 4 is 23.2 Å². The fourth-order valence-electron chi connectivity index (χ4n) is 1.42. The SMILES string of the molecule is Cc1sccc1C(=O)[C@@H](C)NC(=O)OC(C)(C)C. The Hall–Kier alpha value is -1.36. The van der Waals surface area contributed by atoms with Crippen LogP contribution in [0.25, 0.3) is 0 Å². The van der Waals surface area contributed by atoms with E-state index in [4.69, 9.17) is 4.74 Å². The number of carbonyl (C=O) groups excluding carboxylic acids is 2. The molecule has 1 atom stereocenters. The zero-order valence-electron chi connectivity index (χ0n) is 11.4. The van der Waals surface area contributed by atoms with Crippen molar-refractivity contribution in [1.82, 2.24) is 5.32 Å². The minimum absolute atomic E-state index is 0.0976. The average molecular weight is 269 g/mol. The van der Waals surface area contributed by atoms with Gasteiger partial charge in [0.05, 0.1) is 6.04 Å². The Balaban J connectivity index is 2.61. The minimum atomic E-state index is -0.590. The van der Waals surface area contributed by atoms with Gasteiger partial charge in [-0.05, 0) is 46.1 Å². The molecule has 0 radical (unpaired) electrons. The van der Waals surface area contributed by atoms with Gasteiger partial charge in [0.15, 0.2) is 5.78 Å². The second kappa shape index (κ2) is 5.52. The van der Waals surface area contributed by atoms with Gasteiger partial charge in [-0.25, -0.2) is 4.79 Å². The van der Waals surface area contributed by atoms with Gasteiger partial charge in [-0.3, -0.25) is 4.79 Å². The maximum atomic E-state index is 12.1. The summed E-state index contributed by atoms with van der Waals surface area (Å²) in [5, 5.41) is 4.41. The Bertz CT molecular complexity index is 445. The van der Waals surface area contributed by atoms with E-state index in [1.165, 1.54) is 11.3 Å². The third kappa shape index (κ3) is 4.14. The molecule has 1 amide bonds. The Kier molecular flexibility index (Phi) is 4.51. The van der Waals surface area contributed by atoms with Crippen molar-refractivity contribution in [3.63, 3.8) is 0 Å². The molecule has 0 spiro atoms. The molecule has 0 aliphatic heterocycles. The molecule has 0 aromatic carbocycles. The van der Waals surface area contributed by atoms with Gasteiger partial charge in [0.25, 0.3) is 0 Å². The lowest BCUT2D eigenvalue weighted by Crippen LogP contribution is -2.41. The lowest BCUT2D eigenvalue weighted by molar-refractivity contribution is 0.0496. The predicted octanol–water partition coefficient (Wildman–Crippen LogP) is 3.15. The molecule has 0 unspecified atom stereocenters. The van der Waals surface area contributed by atoms with Crippen LogP contribution in [0.3, 0.4) is 0 Å². The van der Waals surface area contributed by atoms with Crippen molar-refractivity contribution in [3.05, 3.63) is 21.9 Å². The van der Waals surface area contributed by atoms with E-state index in [1.54, 1.807) is 33.8 Å². The standard InChI is InChI=1S/C13H19NO3S/c1-8(14-12(16)17-13(3,4)5)11(15)10-6-7-18-9(10)2/h6-8H,1-5H3,(H,14,16)/t8-/m1/s1. The number of Topliss-reactive ketones (excluding diaryl/α,β-unsaturated/α-hetero) is 1. The molecule has 1 N–H and O–H groups in total. The summed E-state index contributed by atoms with van der Waals surface area (Å²) in [7, 11) is 0. The molecule has 0 saturated heterocycles. The number of rotatable bonds is 3. The summed E-state index contributed by atoms with van der Waals surface area (Å²) in [6.07, 6.45) is -0.573. The Labute approximate surface area is 111 Å². The molecule has 4 nitrogen and oxygen atoms in total. The maximum Gasteiger partial charge on any atom is 0.408 e. The van der Waals surface area contributed by atoms with E-state index >= 15 is 0 Å². The van der Waals surface area contributed by atoms with Gasteiger partial charge < -0.3 is 10.1 Å². The largest absolute Gasteiger partial charge is 0.444 e. The van der Waals surface area contributed by atoms with Crippen LogP contribution in [0.4, 0.5) is 4.79 Å². The number of hydrogen-bond donors (Lipinski definition) is 1. The van der Waals surface area contributed by atoms with E-state index in [1.807, 2.05) is 12.3 Å². The second-order valence-corrected chi connectivity index (χ2v) is 6.24. The Morgan fingerprint density at radius 3 is 2.44 bits per heavy atom. The molecule has 100 valence electrons. The number of alkyl carbamates (subject to hydrolysis) is 1. The van der Waals surface area contributed by atoms with Gasteiger partial charge in [0.2, 0.25) is 0 Å². The molecule has 1 aromatic rings. The average Bonchev–Trinajstić information content (AvgIpc) is 2.60. The van der Waals surface area contributed by atoms with Crippen molar-refractivity contribution in [2.75, 3.05) is 0 Å². The summed E-state index contributed by atoms with van der Waals surface area (Å²) < 4.78 is 5.11. The van der Waals surface area contributed by atoms with Crippen molar-refractivity contribution in [2.45, 2.75) is 46.3 Å². The summed E-state index contributed by atoms with van der Waals surface area (Å²) in [5.41, 5.74) is 0.0917. The van der Waals surface area contributed by atoms with Crippen molar-refractivity contribution in [2.24, 2.45) is 0 Å². The summed E-state index contributed by atoms with van der Waals surface area (Å²) in [6.45, 7) is 8.88. The number of aryl methyl sites for hydroxylation is 1. The quantitative estimate of drug-likeness (QED) is 0.858. The predicted molar refractivity (Wildman–Crippen MR) is 72.2 cm³/mol. The highest BCUT2D eigenvalue weighted by atomic mass is 32.1. The third-order valence-electron chi connectivity index (χ3n) is 2.25. The van der Waals surface area contributed by atoms with Crippen LogP contribution in [-0.2, 0) is 4.74 Å². The molecule has 0 aliphatic carbocycles. The third-order valence-corrected chi connectivity index (χ3v) is 3.10. The van der Waals surface area contributed by atoms with Gasteiger partial charge in [0.1, 0.15) is 5.60 Å². The fourth-order valence-corrected chi connectivity index (χ4v) is 2.13. The minimum Gasteiger partial charge on any atom is -0.444 e. The van der Waals surface area contributed by atoms with Gasteiger partial charge in [-0.1, -0.05) is 0 Å². The summed E-state index contributed by atoms with van der Waals surface area (Å²) in [6, 6.07) is 1.18. The van der Waals surface area contributed by atoms with Crippen LogP contribution in [0, 0.1) is 6.92 Å². The number of ether oxygens (including phenoxy) is 1.